The molecule has 102 valence electrons. The summed E-state index contributed by atoms with van der Waals surface area (Å²) in [7, 11) is -3.98. The predicted molar refractivity (Wildman–Crippen MR) is 70.8 cm³/mol. The number of carbonyl (C=O) groups excluding carboxylic acids is 1. The van der Waals surface area contributed by atoms with E-state index in [0.717, 1.165) is 10.7 Å². The molecule has 0 aliphatic carbocycles. The molecular formula is C11H12ClN3O3S. The summed E-state index contributed by atoms with van der Waals surface area (Å²) in [5.74, 6) is 0. The third-order valence-corrected chi connectivity index (χ3v) is 4.30. The molecular weight excluding hydrogens is 290 g/mol. The van der Waals surface area contributed by atoms with Gasteiger partial charge in [0.1, 0.15) is 4.90 Å². The van der Waals surface area contributed by atoms with Crippen molar-refractivity contribution >= 4 is 27.7 Å². The first-order valence-corrected chi connectivity index (χ1v) is 7.28. The van der Waals surface area contributed by atoms with E-state index in [9.17, 15) is 13.2 Å². The fraction of sp³-hybridized carbons (Fsp3) is 0.182. The van der Waals surface area contributed by atoms with Crippen molar-refractivity contribution in [3.8, 4) is 0 Å². The lowest BCUT2D eigenvalue weighted by Crippen LogP contribution is -2.46. The highest BCUT2D eigenvalue weighted by Crippen LogP contribution is 2.20. The van der Waals surface area contributed by atoms with Crippen LogP contribution in [0.1, 0.15) is 6.92 Å². The summed E-state index contributed by atoms with van der Waals surface area (Å²) in [6.45, 7) is 2.07. The molecule has 2 rings (SSSR count). The number of hydrazine groups is 1. The molecule has 0 spiro atoms. The van der Waals surface area contributed by atoms with Crippen LogP contribution in [0.5, 0.6) is 0 Å². The number of urea groups is 1. The van der Waals surface area contributed by atoms with Crippen LogP contribution in [0.4, 0.5) is 4.79 Å². The van der Waals surface area contributed by atoms with Crippen molar-refractivity contribution in [2.45, 2.75) is 11.8 Å². The summed E-state index contributed by atoms with van der Waals surface area (Å²) in [6.07, 6.45) is 1.77. The summed E-state index contributed by atoms with van der Waals surface area (Å²) in [5.41, 5.74) is 3.51. The molecule has 0 fully saturated rings. The van der Waals surface area contributed by atoms with E-state index >= 15 is 0 Å². The van der Waals surface area contributed by atoms with E-state index in [1.807, 2.05) is 4.72 Å². The maximum Gasteiger partial charge on any atom is 0.350 e. The van der Waals surface area contributed by atoms with Gasteiger partial charge in [-0.1, -0.05) is 23.7 Å². The Kier molecular flexibility index (Phi) is 3.68. The first kappa shape index (κ1) is 13.7. The van der Waals surface area contributed by atoms with Crippen molar-refractivity contribution in [3.63, 3.8) is 0 Å². The van der Waals surface area contributed by atoms with Crippen molar-refractivity contribution in [3.05, 3.63) is 41.1 Å². The third-order valence-electron chi connectivity index (χ3n) is 2.48. The van der Waals surface area contributed by atoms with Gasteiger partial charge >= 0.3 is 6.03 Å². The second kappa shape index (κ2) is 5.10. The number of allylic oxidation sites excluding steroid dienone is 1. The number of sulfonamides is 1. The average Bonchev–Trinajstić information content (AvgIpc) is 2.76. The standard InChI is InChI=1S/C11H12ClN3O3S/c1-8-6-7-15(13-8)11(16)14-19(17,18)10-5-3-2-4-9(10)12/h2-6,13H,7H2,1H3,(H,14,16). The number of halogens is 1. The topological polar surface area (TPSA) is 78.5 Å². The van der Waals surface area contributed by atoms with Gasteiger partial charge in [-0.25, -0.2) is 22.9 Å². The zero-order valence-corrected chi connectivity index (χ0v) is 11.6. The van der Waals surface area contributed by atoms with E-state index in [2.05, 4.69) is 5.43 Å². The van der Waals surface area contributed by atoms with Gasteiger partial charge in [0.05, 0.1) is 11.6 Å². The summed E-state index contributed by atoms with van der Waals surface area (Å²) >= 11 is 5.81. The van der Waals surface area contributed by atoms with Crippen LogP contribution in [0.3, 0.4) is 0 Å². The van der Waals surface area contributed by atoms with E-state index in [4.69, 9.17) is 11.6 Å². The number of hydrogen-bond acceptors (Lipinski definition) is 4. The normalized spacial score (nSPS) is 14.8. The molecule has 0 unspecified atom stereocenters. The molecule has 0 bridgehead atoms. The highest BCUT2D eigenvalue weighted by atomic mass is 35.5. The molecule has 19 heavy (non-hydrogen) atoms. The van der Waals surface area contributed by atoms with Crippen LogP contribution in [-0.2, 0) is 10.0 Å². The predicted octanol–water partition coefficient (Wildman–Crippen LogP) is 1.46. The molecule has 6 nitrogen and oxygen atoms in total. The zero-order chi connectivity index (χ0) is 14.0. The van der Waals surface area contributed by atoms with Crippen molar-refractivity contribution in [1.29, 1.82) is 0 Å². The largest absolute Gasteiger partial charge is 0.350 e. The first-order chi connectivity index (χ1) is 8.90. The molecule has 0 saturated heterocycles. The molecule has 1 aromatic carbocycles. The average molecular weight is 302 g/mol. The van der Waals surface area contributed by atoms with Gasteiger partial charge < -0.3 is 0 Å². The number of nitrogens with one attached hydrogen (secondary N) is 2. The van der Waals surface area contributed by atoms with E-state index in [0.29, 0.717) is 6.54 Å². The van der Waals surface area contributed by atoms with Crippen LogP contribution in [0.15, 0.2) is 40.9 Å². The second-order valence-electron chi connectivity index (χ2n) is 3.95. The van der Waals surface area contributed by atoms with Gasteiger partial charge in [-0.2, -0.15) is 0 Å². The Bertz CT molecular complexity index is 642. The molecule has 2 amide bonds. The van der Waals surface area contributed by atoms with Crippen molar-refractivity contribution < 1.29 is 13.2 Å². The van der Waals surface area contributed by atoms with Crippen LogP contribution >= 0.6 is 11.6 Å². The molecule has 0 radical (unpaired) electrons. The van der Waals surface area contributed by atoms with Crippen molar-refractivity contribution in [2.24, 2.45) is 0 Å². The van der Waals surface area contributed by atoms with Crippen LogP contribution in [0.2, 0.25) is 5.02 Å². The van der Waals surface area contributed by atoms with Crippen molar-refractivity contribution in [1.82, 2.24) is 15.2 Å². The summed E-state index contributed by atoms with van der Waals surface area (Å²) in [6, 6.07) is 5.16. The highest BCUT2D eigenvalue weighted by molar-refractivity contribution is 7.90. The lowest BCUT2D eigenvalue weighted by molar-refractivity contribution is 0.199. The van der Waals surface area contributed by atoms with Gasteiger partial charge in [-0.3, -0.25) is 5.43 Å². The summed E-state index contributed by atoms with van der Waals surface area (Å²) < 4.78 is 26.0. The molecule has 8 heteroatoms. The molecule has 1 heterocycles. The van der Waals surface area contributed by atoms with Gasteiger partial charge in [0.25, 0.3) is 10.0 Å². The van der Waals surface area contributed by atoms with E-state index in [1.54, 1.807) is 19.1 Å². The Morgan fingerprint density at radius 1 is 1.42 bits per heavy atom. The third kappa shape index (κ3) is 2.99. The Morgan fingerprint density at radius 3 is 2.68 bits per heavy atom. The Hall–Kier alpha value is -1.73. The minimum absolute atomic E-state index is 0.0616. The number of rotatable bonds is 2. The minimum atomic E-state index is -3.98. The maximum absolute atomic E-state index is 12.0. The summed E-state index contributed by atoms with van der Waals surface area (Å²) in [5, 5.41) is 1.22. The van der Waals surface area contributed by atoms with Gasteiger partial charge in [0.15, 0.2) is 0 Å². The van der Waals surface area contributed by atoms with E-state index in [1.165, 1.54) is 18.2 Å². The fourth-order valence-electron chi connectivity index (χ4n) is 1.55. The first-order valence-electron chi connectivity index (χ1n) is 5.42. The van der Waals surface area contributed by atoms with E-state index in [-0.39, 0.29) is 9.92 Å². The molecule has 0 saturated carbocycles. The Labute approximate surface area is 116 Å². The Morgan fingerprint density at radius 2 is 2.11 bits per heavy atom. The van der Waals surface area contributed by atoms with Crippen molar-refractivity contribution in [2.75, 3.05) is 6.54 Å². The second-order valence-corrected chi connectivity index (χ2v) is 6.01. The summed E-state index contributed by atoms with van der Waals surface area (Å²) in [4.78, 5) is 11.7. The number of nitrogens with zero attached hydrogens (tertiary/aromatic N) is 1. The SMILES string of the molecule is CC1=CCN(C(=O)NS(=O)(=O)c2ccccc2Cl)N1. The molecule has 1 aromatic rings. The number of benzene rings is 1. The quantitative estimate of drug-likeness (QED) is 0.867. The van der Waals surface area contributed by atoms with Gasteiger partial charge in [-0.05, 0) is 25.1 Å². The Balaban J connectivity index is 2.15. The highest BCUT2D eigenvalue weighted by Gasteiger charge is 2.25. The fourth-order valence-corrected chi connectivity index (χ4v) is 3.03. The van der Waals surface area contributed by atoms with Crippen LogP contribution in [0, 0.1) is 0 Å². The van der Waals surface area contributed by atoms with Crippen LogP contribution in [-0.4, -0.2) is 26.0 Å². The zero-order valence-electron chi connectivity index (χ0n) is 10.1. The van der Waals surface area contributed by atoms with Crippen LogP contribution < -0.4 is 10.1 Å². The maximum atomic E-state index is 12.0. The van der Waals surface area contributed by atoms with Gasteiger partial charge in [0, 0.05) is 5.70 Å². The number of carbonyl (C=O) groups is 1. The smallest absolute Gasteiger partial charge is 0.299 e. The lowest BCUT2D eigenvalue weighted by atomic mass is 10.4. The lowest BCUT2D eigenvalue weighted by Gasteiger charge is -2.18. The molecule has 0 atom stereocenters. The van der Waals surface area contributed by atoms with Gasteiger partial charge in [0.2, 0.25) is 0 Å². The molecule has 2 N–H and O–H groups in total. The van der Waals surface area contributed by atoms with Crippen LogP contribution in [0.25, 0.3) is 0 Å². The number of amides is 2. The molecule has 0 aromatic heterocycles. The van der Waals surface area contributed by atoms with E-state index < -0.39 is 16.1 Å². The monoisotopic (exact) mass is 301 g/mol. The molecule has 1 aliphatic heterocycles. The van der Waals surface area contributed by atoms with Gasteiger partial charge in [-0.15, -0.1) is 0 Å². The minimum Gasteiger partial charge on any atom is -0.299 e. The molecule has 1 aliphatic rings. The number of hydrogen-bond donors (Lipinski definition) is 2.